The molecule has 3 heterocycles. The third-order valence-electron chi connectivity index (χ3n) is 4.94. The number of hydrogen-bond donors (Lipinski definition) is 0. The molecule has 7 heteroatoms. The van der Waals surface area contributed by atoms with E-state index >= 15 is 0 Å². The zero-order valence-electron chi connectivity index (χ0n) is 16.0. The van der Waals surface area contributed by atoms with Gasteiger partial charge in [-0.3, -0.25) is 4.90 Å². The van der Waals surface area contributed by atoms with Gasteiger partial charge in [0.15, 0.2) is 0 Å². The van der Waals surface area contributed by atoms with Gasteiger partial charge in [-0.2, -0.15) is 5.10 Å². The van der Waals surface area contributed by atoms with Gasteiger partial charge in [0.25, 0.3) is 5.95 Å². The fourth-order valence-corrected chi connectivity index (χ4v) is 3.34. The molecular formula is C21H25ClN6. The fraction of sp³-hybridized carbons (Fsp3) is 0.286. The normalized spacial score (nSPS) is 15.0. The number of rotatable bonds is 5. The molecule has 146 valence electrons. The molecule has 1 aliphatic rings. The number of para-hydroxylation sites is 1. The first-order chi connectivity index (χ1) is 13.3. The van der Waals surface area contributed by atoms with Crippen molar-refractivity contribution in [2.45, 2.75) is 6.92 Å². The maximum Gasteiger partial charge on any atom is 0.250 e. The van der Waals surface area contributed by atoms with Crippen LogP contribution in [0.25, 0.3) is 12.0 Å². The number of hydrogen-bond acceptors (Lipinski definition) is 5. The van der Waals surface area contributed by atoms with Crippen molar-refractivity contribution < 1.29 is 0 Å². The minimum absolute atomic E-state index is 0. The molecule has 3 aromatic rings. The van der Waals surface area contributed by atoms with Crippen molar-refractivity contribution in [2.75, 3.05) is 37.6 Å². The van der Waals surface area contributed by atoms with E-state index in [2.05, 4.69) is 67.4 Å². The van der Waals surface area contributed by atoms with E-state index in [4.69, 9.17) is 0 Å². The van der Waals surface area contributed by atoms with E-state index in [9.17, 15) is 0 Å². The number of benzene rings is 1. The van der Waals surface area contributed by atoms with Gasteiger partial charge in [0.1, 0.15) is 0 Å². The second-order valence-electron chi connectivity index (χ2n) is 6.67. The molecule has 0 radical (unpaired) electrons. The zero-order chi connectivity index (χ0) is 18.5. The summed E-state index contributed by atoms with van der Waals surface area (Å²) in [7, 11) is 0. The molecule has 0 bridgehead atoms. The van der Waals surface area contributed by atoms with Crippen LogP contribution in [-0.2, 0) is 0 Å². The third kappa shape index (κ3) is 4.58. The van der Waals surface area contributed by atoms with Crippen LogP contribution in [0.5, 0.6) is 0 Å². The molecule has 0 unspecified atom stereocenters. The SMILES string of the molecule is Cc1c(C=CCN2CCN(c3ccccc3)CC2)cnn1-c1ncccn1.Cl. The minimum atomic E-state index is 0. The summed E-state index contributed by atoms with van der Waals surface area (Å²) >= 11 is 0. The molecule has 0 aliphatic carbocycles. The van der Waals surface area contributed by atoms with E-state index in [1.807, 2.05) is 13.1 Å². The lowest BCUT2D eigenvalue weighted by Gasteiger charge is -2.35. The topological polar surface area (TPSA) is 50.1 Å². The summed E-state index contributed by atoms with van der Waals surface area (Å²) in [6.45, 7) is 7.29. The first kappa shape index (κ1) is 20.0. The largest absolute Gasteiger partial charge is 0.369 e. The Kier molecular flexibility index (Phi) is 6.79. The lowest BCUT2D eigenvalue weighted by Crippen LogP contribution is -2.46. The van der Waals surface area contributed by atoms with Crippen molar-refractivity contribution in [3.8, 4) is 5.95 Å². The monoisotopic (exact) mass is 396 g/mol. The molecule has 1 fully saturated rings. The van der Waals surface area contributed by atoms with E-state index in [1.165, 1.54) is 5.69 Å². The number of halogens is 1. The van der Waals surface area contributed by atoms with Crippen molar-refractivity contribution in [3.63, 3.8) is 0 Å². The van der Waals surface area contributed by atoms with Crippen LogP contribution in [0.4, 0.5) is 5.69 Å². The highest BCUT2D eigenvalue weighted by Gasteiger charge is 2.16. The highest BCUT2D eigenvalue weighted by atomic mass is 35.5. The van der Waals surface area contributed by atoms with Crippen LogP contribution < -0.4 is 4.90 Å². The highest BCUT2D eigenvalue weighted by molar-refractivity contribution is 5.85. The summed E-state index contributed by atoms with van der Waals surface area (Å²) in [5.74, 6) is 0.603. The van der Waals surface area contributed by atoms with Gasteiger partial charge in [-0.25, -0.2) is 14.6 Å². The Morgan fingerprint density at radius 1 is 0.964 bits per heavy atom. The Balaban J connectivity index is 0.00000225. The Morgan fingerprint density at radius 2 is 1.68 bits per heavy atom. The summed E-state index contributed by atoms with van der Waals surface area (Å²) in [5, 5.41) is 4.42. The smallest absolute Gasteiger partial charge is 0.250 e. The van der Waals surface area contributed by atoms with Crippen LogP contribution in [0, 0.1) is 6.92 Å². The van der Waals surface area contributed by atoms with Gasteiger partial charge in [-0.15, -0.1) is 12.4 Å². The average molecular weight is 397 g/mol. The van der Waals surface area contributed by atoms with E-state index < -0.39 is 0 Å². The summed E-state index contributed by atoms with van der Waals surface area (Å²) in [6, 6.07) is 12.5. The molecule has 1 aliphatic heterocycles. The van der Waals surface area contributed by atoms with Gasteiger partial charge >= 0.3 is 0 Å². The Bertz CT molecular complexity index is 886. The average Bonchev–Trinajstić information content (AvgIpc) is 3.10. The van der Waals surface area contributed by atoms with Crippen molar-refractivity contribution in [1.29, 1.82) is 0 Å². The molecule has 2 aromatic heterocycles. The lowest BCUT2D eigenvalue weighted by molar-refractivity contribution is 0.284. The molecule has 1 saturated heterocycles. The van der Waals surface area contributed by atoms with E-state index in [-0.39, 0.29) is 12.4 Å². The van der Waals surface area contributed by atoms with E-state index in [0.717, 1.165) is 44.0 Å². The lowest BCUT2D eigenvalue weighted by atomic mass is 10.2. The van der Waals surface area contributed by atoms with Crippen LogP contribution >= 0.6 is 12.4 Å². The number of anilines is 1. The summed E-state index contributed by atoms with van der Waals surface area (Å²) in [4.78, 5) is 13.5. The summed E-state index contributed by atoms with van der Waals surface area (Å²) in [6.07, 6.45) is 9.70. The van der Waals surface area contributed by atoms with Crippen molar-refractivity contribution in [1.82, 2.24) is 24.6 Å². The molecule has 4 rings (SSSR count). The van der Waals surface area contributed by atoms with Crippen LogP contribution in [-0.4, -0.2) is 57.4 Å². The molecule has 0 atom stereocenters. The van der Waals surface area contributed by atoms with Crippen molar-refractivity contribution >= 4 is 24.2 Å². The standard InChI is InChI=1S/C21H24N6.ClH/c1-18-19(17-24-27(18)21-22-10-6-11-23-21)7-5-12-25-13-15-26(16-14-25)20-8-3-2-4-9-20;/h2-11,17H,12-16H2,1H3;1H. The van der Waals surface area contributed by atoms with E-state index in [0.29, 0.717) is 5.95 Å². The Hall–Kier alpha value is -2.70. The molecule has 0 spiro atoms. The first-order valence-corrected chi connectivity index (χ1v) is 9.32. The molecule has 0 saturated carbocycles. The van der Waals surface area contributed by atoms with Gasteiger partial charge in [0.05, 0.1) is 11.9 Å². The quantitative estimate of drug-likeness (QED) is 0.662. The maximum atomic E-state index is 4.42. The van der Waals surface area contributed by atoms with Crippen molar-refractivity contribution in [2.24, 2.45) is 0 Å². The molecule has 1 aromatic carbocycles. The number of aromatic nitrogens is 4. The van der Waals surface area contributed by atoms with Gasteiger partial charge < -0.3 is 4.90 Å². The molecule has 6 nitrogen and oxygen atoms in total. The third-order valence-corrected chi connectivity index (χ3v) is 4.94. The Labute approximate surface area is 171 Å². The van der Waals surface area contributed by atoms with Gasteiger partial charge in [-0.1, -0.05) is 30.4 Å². The van der Waals surface area contributed by atoms with Crippen LogP contribution in [0.15, 0.2) is 61.1 Å². The summed E-state index contributed by atoms with van der Waals surface area (Å²) < 4.78 is 1.78. The van der Waals surface area contributed by atoms with E-state index in [1.54, 1.807) is 23.1 Å². The van der Waals surface area contributed by atoms with Crippen LogP contribution in [0.3, 0.4) is 0 Å². The predicted octanol–water partition coefficient (Wildman–Crippen LogP) is 3.23. The van der Waals surface area contributed by atoms with Crippen LogP contribution in [0.2, 0.25) is 0 Å². The fourth-order valence-electron chi connectivity index (χ4n) is 3.34. The predicted molar refractivity (Wildman–Crippen MR) is 115 cm³/mol. The van der Waals surface area contributed by atoms with Crippen LogP contribution in [0.1, 0.15) is 11.3 Å². The maximum absolute atomic E-state index is 4.42. The zero-order valence-corrected chi connectivity index (χ0v) is 16.8. The number of nitrogens with zero attached hydrogens (tertiary/aromatic N) is 6. The minimum Gasteiger partial charge on any atom is -0.369 e. The van der Waals surface area contributed by atoms with Gasteiger partial charge in [-0.05, 0) is 25.1 Å². The molecule has 28 heavy (non-hydrogen) atoms. The van der Waals surface area contributed by atoms with Gasteiger partial charge in [0, 0.05) is 56.4 Å². The Morgan fingerprint density at radius 3 is 2.39 bits per heavy atom. The van der Waals surface area contributed by atoms with Crippen molar-refractivity contribution in [3.05, 3.63) is 72.3 Å². The van der Waals surface area contributed by atoms with Gasteiger partial charge in [0.2, 0.25) is 0 Å². The molecule has 0 N–H and O–H groups in total. The second-order valence-corrected chi connectivity index (χ2v) is 6.67. The second kappa shape index (κ2) is 9.48. The first-order valence-electron chi connectivity index (χ1n) is 9.32. The molecular weight excluding hydrogens is 372 g/mol. The highest BCUT2D eigenvalue weighted by Crippen LogP contribution is 2.16. The number of piperazine rings is 1. The summed E-state index contributed by atoms with van der Waals surface area (Å²) in [5.41, 5.74) is 3.47. The molecule has 0 amide bonds.